The Morgan fingerprint density at radius 1 is 1.16 bits per heavy atom. The number of sulfonamides is 1. The number of nitrogens with one attached hydrogen (secondary N) is 1. The Labute approximate surface area is 148 Å². The molecule has 0 atom stereocenters. The van der Waals surface area contributed by atoms with E-state index in [1.165, 1.54) is 18.2 Å². The van der Waals surface area contributed by atoms with Crippen molar-refractivity contribution in [3.8, 4) is 11.3 Å². The molecule has 25 heavy (non-hydrogen) atoms. The van der Waals surface area contributed by atoms with E-state index in [2.05, 4.69) is 9.71 Å². The monoisotopic (exact) mass is 374 g/mol. The van der Waals surface area contributed by atoms with Crippen LogP contribution in [0.1, 0.15) is 15.4 Å². The first-order chi connectivity index (χ1) is 11.8. The van der Waals surface area contributed by atoms with Gasteiger partial charge in [-0.05, 0) is 37.3 Å². The van der Waals surface area contributed by atoms with E-state index in [0.717, 1.165) is 22.3 Å². The van der Waals surface area contributed by atoms with Crippen LogP contribution in [0.3, 0.4) is 0 Å². The van der Waals surface area contributed by atoms with Crippen molar-refractivity contribution in [3.05, 3.63) is 64.5 Å². The standard InChI is InChI=1S/C17H14N2O4S2/c1-11-18-16(10-24-11)12-5-7-14(8-6-12)19-25(22,23)15-4-2-3-13(9-15)17(20)21/h2-10,19H,1H3,(H,20,21). The van der Waals surface area contributed by atoms with E-state index in [9.17, 15) is 13.2 Å². The number of rotatable bonds is 5. The maximum atomic E-state index is 12.4. The van der Waals surface area contributed by atoms with Gasteiger partial charge in [0.1, 0.15) is 0 Å². The lowest BCUT2D eigenvalue weighted by molar-refractivity contribution is 0.0696. The predicted molar refractivity (Wildman–Crippen MR) is 96.5 cm³/mol. The molecular formula is C17H14N2O4S2. The molecule has 128 valence electrons. The summed E-state index contributed by atoms with van der Waals surface area (Å²) in [5.41, 5.74) is 2.03. The fourth-order valence-electron chi connectivity index (χ4n) is 2.22. The molecule has 0 radical (unpaired) electrons. The molecule has 0 aliphatic carbocycles. The van der Waals surface area contributed by atoms with Gasteiger partial charge in [-0.1, -0.05) is 18.2 Å². The average molecular weight is 374 g/mol. The molecule has 2 aromatic carbocycles. The largest absolute Gasteiger partial charge is 0.478 e. The first-order valence-electron chi connectivity index (χ1n) is 7.24. The van der Waals surface area contributed by atoms with Gasteiger partial charge in [-0.15, -0.1) is 11.3 Å². The third-order valence-electron chi connectivity index (χ3n) is 3.44. The van der Waals surface area contributed by atoms with Crippen LogP contribution < -0.4 is 4.72 Å². The minimum absolute atomic E-state index is 0.0860. The van der Waals surface area contributed by atoms with Crippen molar-refractivity contribution < 1.29 is 18.3 Å². The van der Waals surface area contributed by atoms with Gasteiger partial charge in [-0.25, -0.2) is 18.2 Å². The number of aromatic nitrogens is 1. The van der Waals surface area contributed by atoms with Crippen LogP contribution in [0, 0.1) is 6.92 Å². The summed E-state index contributed by atoms with van der Waals surface area (Å²) in [5, 5.41) is 11.9. The van der Waals surface area contributed by atoms with Gasteiger partial charge < -0.3 is 5.11 Å². The highest BCUT2D eigenvalue weighted by molar-refractivity contribution is 7.92. The Bertz CT molecular complexity index is 1020. The van der Waals surface area contributed by atoms with Crippen LogP contribution in [0.2, 0.25) is 0 Å². The summed E-state index contributed by atoms with van der Waals surface area (Å²) in [6.45, 7) is 1.92. The van der Waals surface area contributed by atoms with E-state index in [-0.39, 0.29) is 10.5 Å². The van der Waals surface area contributed by atoms with Crippen molar-refractivity contribution >= 4 is 33.0 Å². The summed E-state index contributed by atoms with van der Waals surface area (Å²) in [7, 11) is -3.87. The van der Waals surface area contributed by atoms with Crippen molar-refractivity contribution in [2.45, 2.75) is 11.8 Å². The zero-order chi connectivity index (χ0) is 18.0. The second-order valence-corrected chi connectivity index (χ2v) is 8.01. The molecule has 0 amide bonds. The molecule has 0 saturated heterocycles. The molecule has 3 aromatic rings. The smallest absolute Gasteiger partial charge is 0.335 e. The topological polar surface area (TPSA) is 96.4 Å². The van der Waals surface area contributed by atoms with Gasteiger partial charge in [0.05, 0.1) is 21.2 Å². The number of hydrogen-bond donors (Lipinski definition) is 2. The second kappa shape index (κ2) is 6.66. The van der Waals surface area contributed by atoms with Gasteiger partial charge in [0, 0.05) is 16.6 Å². The summed E-state index contributed by atoms with van der Waals surface area (Å²) < 4.78 is 27.3. The Balaban J connectivity index is 1.83. The van der Waals surface area contributed by atoms with E-state index in [4.69, 9.17) is 5.11 Å². The number of carboxylic acids is 1. The second-order valence-electron chi connectivity index (χ2n) is 5.27. The summed E-state index contributed by atoms with van der Waals surface area (Å²) in [6.07, 6.45) is 0. The van der Waals surface area contributed by atoms with Gasteiger partial charge >= 0.3 is 5.97 Å². The van der Waals surface area contributed by atoms with Crippen molar-refractivity contribution in [1.29, 1.82) is 0 Å². The molecule has 0 aliphatic heterocycles. The molecule has 0 aliphatic rings. The predicted octanol–water partition coefficient (Wildman–Crippen LogP) is 3.62. The van der Waals surface area contributed by atoms with E-state index in [1.807, 2.05) is 12.3 Å². The number of nitrogens with zero attached hydrogens (tertiary/aromatic N) is 1. The summed E-state index contributed by atoms with van der Waals surface area (Å²) >= 11 is 1.54. The Hall–Kier alpha value is -2.71. The highest BCUT2D eigenvalue weighted by Gasteiger charge is 2.16. The molecule has 1 heterocycles. The van der Waals surface area contributed by atoms with Gasteiger partial charge in [0.25, 0.3) is 10.0 Å². The highest BCUT2D eigenvalue weighted by Crippen LogP contribution is 2.24. The molecule has 2 N–H and O–H groups in total. The quantitative estimate of drug-likeness (QED) is 0.711. The molecule has 0 saturated carbocycles. The third-order valence-corrected chi connectivity index (χ3v) is 5.60. The number of carboxylic acid groups (broad SMARTS) is 1. The fourth-order valence-corrected chi connectivity index (χ4v) is 3.94. The SMILES string of the molecule is Cc1nc(-c2ccc(NS(=O)(=O)c3cccc(C(=O)O)c3)cc2)cs1. The lowest BCUT2D eigenvalue weighted by atomic mass is 10.1. The number of benzene rings is 2. The van der Waals surface area contributed by atoms with E-state index in [1.54, 1.807) is 35.6 Å². The molecule has 0 fully saturated rings. The van der Waals surface area contributed by atoms with E-state index >= 15 is 0 Å². The molecule has 6 nitrogen and oxygen atoms in total. The average Bonchev–Trinajstić information content (AvgIpc) is 3.02. The zero-order valence-corrected chi connectivity index (χ0v) is 14.8. The molecule has 0 spiro atoms. The molecule has 3 rings (SSSR count). The first-order valence-corrected chi connectivity index (χ1v) is 9.60. The van der Waals surface area contributed by atoms with Crippen molar-refractivity contribution in [1.82, 2.24) is 4.98 Å². The molecule has 0 bridgehead atoms. The Kier molecular flexibility index (Phi) is 4.56. The van der Waals surface area contributed by atoms with Gasteiger partial charge in [-0.3, -0.25) is 4.72 Å². The third kappa shape index (κ3) is 3.86. The number of aromatic carboxylic acids is 1. The van der Waals surface area contributed by atoms with Crippen LogP contribution in [0.15, 0.2) is 58.8 Å². The zero-order valence-electron chi connectivity index (χ0n) is 13.1. The van der Waals surface area contributed by atoms with Crippen LogP contribution in [-0.4, -0.2) is 24.5 Å². The summed E-state index contributed by atoms with van der Waals surface area (Å²) in [6, 6.07) is 12.0. The summed E-state index contributed by atoms with van der Waals surface area (Å²) in [4.78, 5) is 15.3. The van der Waals surface area contributed by atoms with Gasteiger partial charge in [0.15, 0.2) is 0 Å². The van der Waals surface area contributed by atoms with Gasteiger partial charge in [-0.2, -0.15) is 0 Å². The molecule has 0 unspecified atom stereocenters. The summed E-state index contributed by atoms with van der Waals surface area (Å²) in [5.74, 6) is -1.18. The van der Waals surface area contributed by atoms with Crippen molar-refractivity contribution in [3.63, 3.8) is 0 Å². The van der Waals surface area contributed by atoms with Crippen molar-refractivity contribution in [2.24, 2.45) is 0 Å². The molecule has 8 heteroatoms. The van der Waals surface area contributed by atoms with Crippen LogP contribution in [-0.2, 0) is 10.0 Å². The fraction of sp³-hybridized carbons (Fsp3) is 0.0588. The molecular weight excluding hydrogens is 360 g/mol. The maximum Gasteiger partial charge on any atom is 0.335 e. The number of hydrogen-bond acceptors (Lipinski definition) is 5. The lowest BCUT2D eigenvalue weighted by Crippen LogP contribution is -2.13. The highest BCUT2D eigenvalue weighted by atomic mass is 32.2. The van der Waals surface area contributed by atoms with Crippen LogP contribution in [0.25, 0.3) is 11.3 Å². The Morgan fingerprint density at radius 3 is 2.48 bits per heavy atom. The van der Waals surface area contributed by atoms with Gasteiger partial charge in [0.2, 0.25) is 0 Å². The number of anilines is 1. The Morgan fingerprint density at radius 2 is 1.88 bits per heavy atom. The maximum absolute atomic E-state index is 12.4. The minimum atomic E-state index is -3.87. The first kappa shape index (κ1) is 17.1. The van der Waals surface area contributed by atoms with Crippen LogP contribution in [0.5, 0.6) is 0 Å². The molecule has 1 aromatic heterocycles. The number of thiazole rings is 1. The van der Waals surface area contributed by atoms with Crippen LogP contribution >= 0.6 is 11.3 Å². The van der Waals surface area contributed by atoms with E-state index < -0.39 is 16.0 Å². The van der Waals surface area contributed by atoms with E-state index in [0.29, 0.717) is 5.69 Å². The minimum Gasteiger partial charge on any atom is -0.478 e. The normalized spacial score (nSPS) is 11.2. The van der Waals surface area contributed by atoms with Crippen LogP contribution in [0.4, 0.5) is 5.69 Å². The lowest BCUT2D eigenvalue weighted by Gasteiger charge is -2.09. The van der Waals surface area contributed by atoms with Crippen molar-refractivity contribution in [2.75, 3.05) is 4.72 Å². The number of aryl methyl sites for hydroxylation is 1. The number of carbonyl (C=O) groups is 1.